The van der Waals surface area contributed by atoms with Gasteiger partial charge in [-0.15, -0.1) is 0 Å². The van der Waals surface area contributed by atoms with Gasteiger partial charge in [-0.05, 0) is 37.1 Å². The second kappa shape index (κ2) is 6.35. The van der Waals surface area contributed by atoms with Gasteiger partial charge in [-0.3, -0.25) is 19.7 Å². The number of carbonyl (C=O) groups excluding carboxylic acids is 2. The minimum atomic E-state index is -0.483. The van der Waals surface area contributed by atoms with Crippen molar-refractivity contribution >= 4 is 23.2 Å². The number of aryl methyl sites for hydroxylation is 1. The maximum absolute atomic E-state index is 13.0. The average molecular weight is 339 g/mol. The Labute approximate surface area is 144 Å². The third-order valence-electron chi connectivity index (χ3n) is 4.44. The van der Waals surface area contributed by atoms with Gasteiger partial charge in [-0.2, -0.15) is 0 Å². The van der Waals surface area contributed by atoms with Crippen molar-refractivity contribution in [1.82, 2.24) is 0 Å². The summed E-state index contributed by atoms with van der Waals surface area (Å²) in [4.78, 5) is 36.6. The van der Waals surface area contributed by atoms with Gasteiger partial charge in [0, 0.05) is 29.4 Å². The molecule has 1 aliphatic rings. The number of nitro benzene ring substituents is 1. The van der Waals surface area contributed by atoms with E-state index in [9.17, 15) is 19.7 Å². The Morgan fingerprint density at radius 1 is 1.24 bits per heavy atom. The summed E-state index contributed by atoms with van der Waals surface area (Å²) >= 11 is 0. The summed E-state index contributed by atoms with van der Waals surface area (Å²) in [6.45, 7) is 1.78. The van der Waals surface area contributed by atoms with Crippen molar-refractivity contribution in [1.29, 1.82) is 0 Å². The van der Waals surface area contributed by atoms with Crippen LogP contribution in [0.3, 0.4) is 0 Å². The molecule has 128 valence electrons. The predicted molar refractivity (Wildman–Crippen MR) is 92.3 cm³/mol. The molecule has 2 aromatic carbocycles. The van der Waals surface area contributed by atoms with Crippen molar-refractivity contribution in [2.75, 3.05) is 11.4 Å². The van der Waals surface area contributed by atoms with E-state index < -0.39 is 16.7 Å². The molecule has 0 saturated heterocycles. The fourth-order valence-corrected chi connectivity index (χ4v) is 3.13. The van der Waals surface area contributed by atoms with Crippen LogP contribution in [0.4, 0.5) is 11.4 Å². The van der Waals surface area contributed by atoms with E-state index in [2.05, 4.69) is 0 Å². The fraction of sp³-hybridized carbons (Fsp3) is 0.222. The van der Waals surface area contributed by atoms with E-state index in [-0.39, 0.29) is 18.1 Å². The normalized spacial score (nSPS) is 16.2. The summed E-state index contributed by atoms with van der Waals surface area (Å²) in [5.74, 6) is -1.22. The molecule has 1 aliphatic heterocycles. The van der Waals surface area contributed by atoms with E-state index in [1.165, 1.54) is 23.1 Å². The minimum Gasteiger partial charge on any atom is -0.369 e. The number of fused-ring (bicyclic) bond motifs is 1. The summed E-state index contributed by atoms with van der Waals surface area (Å²) in [5, 5.41) is 10.9. The molecular formula is C18H17N3O4. The Morgan fingerprint density at radius 3 is 2.60 bits per heavy atom. The lowest BCUT2D eigenvalue weighted by atomic mass is 9.91. The number of rotatable bonds is 3. The number of hydrogen-bond acceptors (Lipinski definition) is 4. The van der Waals surface area contributed by atoms with Gasteiger partial charge < -0.3 is 10.6 Å². The highest BCUT2D eigenvalue weighted by atomic mass is 16.6. The minimum absolute atomic E-state index is 0.0365. The number of nitrogens with zero attached hydrogens (tertiary/aromatic N) is 2. The largest absolute Gasteiger partial charge is 0.369 e. The number of nitro groups is 1. The number of primary amides is 1. The van der Waals surface area contributed by atoms with E-state index in [1.54, 1.807) is 6.92 Å². The first-order valence-corrected chi connectivity index (χ1v) is 7.82. The van der Waals surface area contributed by atoms with Crippen LogP contribution in [0.1, 0.15) is 21.5 Å². The van der Waals surface area contributed by atoms with Crippen LogP contribution in [0.5, 0.6) is 0 Å². The topological polar surface area (TPSA) is 107 Å². The van der Waals surface area contributed by atoms with E-state index in [0.717, 1.165) is 11.3 Å². The van der Waals surface area contributed by atoms with Crippen LogP contribution in [-0.2, 0) is 11.2 Å². The standard InChI is InChI=1S/C18H17N3O4/c1-11-8-13(6-7-15(11)21(24)25)18(23)20-10-14(17(19)22)9-12-4-2-3-5-16(12)20/h2-8,14H,9-10H2,1H3,(H2,19,22)/t14-/m1/s1. The molecule has 1 heterocycles. The summed E-state index contributed by atoms with van der Waals surface area (Å²) in [6, 6.07) is 11.6. The molecule has 2 amide bonds. The van der Waals surface area contributed by atoms with Crippen LogP contribution in [-0.4, -0.2) is 23.3 Å². The van der Waals surface area contributed by atoms with Crippen LogP contribution in [0, 0.1) is 23.0 Å². The molecule has 0 fully saturated rings. The van der Waals surface area contributed by atoms with Crippen LogP contribution in [0.2, 0.25) is 0 Å². The Kier molecular flexibility index (Phi) is 4.22. The Bertz CT molecular complexity index is 878. The first kappa shape index (κ1) is 16.6. The average Bonchev–Trinajstić information content (AvgIpc) is 2.59. The van der Waals surface area contributed by atoms with Crippen molar-refractivity contribution in [2.45, 2.75) is 13.3 Å². The highest BCUT2D eigenvalue weighted by Crippen LogP contribution is 2.31. The van der Waals surface area contributed by atoms with Crippen LogP contribution >= 0.6 is 0 Å². The van der Waals surface area contributed by atoms with E-state index in [0.29, 0.717) is 17.5 Å². The molecule has 2 aromatic rings. The maximum Gasteiger partial charge on any atom is 0.272 e. The molecule has 0 spiro atoms. The van der Waals surface area contributed by atoms with Crippen LogP contribution in [0.15, 0.2) is 42.5 Å². The maximum atomic E-state index is 13.0. The van der Waals surface area contributed by atoms with Crippen LogP contribution in [0.25, 0.3) is 0 Å². The number of nitrogens with two attached hydrogens (primary N) is 1. The first-order valence-electron chi connectivity index (χ1n) is 7.82. The number of benzene rings is 2. The van der Waals surface area contributed by atoms with Gasteiger partial charge in [-0.1, -0.05) is 18.2 Å². The van der Waals surface area contributed by atoms with Crippen molar-refractivity contribution in [3.05, 3.63) is 69.3 Å². The van der Waals surface area contributed by atoms with Gasteiger partial charge in [0.25, 0.3) is 11.6 Å². The summed E-state index contributed by atoms with van der Waals surface area (Å²) < 4.78 is 0. The number of anilines is 1. The molecule has 1 atom stereocenters. The van der Waals surface area contributed by atoms with Crippen molar-refractivity contribution in [2.24, 2.45) is 11.7 Å². The molecule has 7 heteroatoms. The fourth-order valence-electron chi connectivity index (χ4n) is 3.13. The number of para-hydroxylation sites is 1. The highest BCUT2D eigenvalue weighted by molar-refractivity contribution is 6.07. The lowest BCUT2D eigenvalue weighted by Gasteiger charge is -2.33. The second-order valence-electron chi connectivity index (χ2n) is 6.11. The van der Waals surface area contributed by atoms with E-state index in [4.69, 9.17) is 5.73 Å². The number of hydrogen-bond donors (Lipinski definition) is 1. The predicted octanol–water partition coefficient (Wildman–Crippen LogP) is 2.21. The molecule has 0 saturated carbocycles. The Balaban J connectivity index is 2.00. The second-order valence-corrected chi connectivity index (χ2v) is 6.11. The summed E-state index contributed by atoms with van der Waals surface area (Å²) in [5.41, 5.74) is 7.78. The molecule has 7 nitrogen and oxygen atoms in total. The molecule has 3 rings (SSSR count). The van der Waals surface area contributed by atoms with E-state index >= 15 is 0 Å². The molecule has 2 N–H and O–H groups in total. The lowest BCUT2D eigenvalue weighted by molar-refractivity contribution is -0.385. The van der Waals surface area contributed by atoms with Gasteiger partial charge in [0.2, 0.25) is 5.91 Å². The SMILES string of the molecule is Cc1cc(C(=O)N2C[C@H](C(N)=O)Cc3ccccc32)ccc1[N+](=O)[O-]. The Morgan fingerprint density at radius 2 is 1.96 bits per heavy atom. The van der Waals surface area contributed by atoms with Crippen LogP contribution < -0.4 is 10.6 Å². The molecule has 0 aliphatic carbocycles. The molecular weight excluding hydrogens is 322 g/mol. The zero-order valence-electron chi connectivity index (χ0n) is 13.6. The zero-order chi connectivity index (χ0) is 18.1. The third kappa shape index (κ3) is 3.08. The van der Waals surface area contributed by atoms with Crippen molar-refractivity contribution in [3.63, 3.8) is 0 Å². The zero-order valence-corrected chi connectivity index (χ0v) is 13.6. The van der Waals surface area contributed by atoms with Gasteiger partial charge in [0.1, 0.15) is 0 Å². The summed E-state index contributed by atoms with van der Waals surface area (Å²) in [6.07, 6.45) is 0.495. The monoisotopic (exact) mass is 339 g/mol. The highest BCUT2D eigenvalue weighted by Gasteiger charge is 2.32. The lowest BCUT2D eigenvalue weighted by Crippen LogP contribution is -2.44. The first-order chi connectivity index (χ1) is 11.9. The molecule has 0 unspecified atom stereocenters. The van der Waals surface area contributed by atoms with Gasteiger partial charge in [0.05, 0.1) is 10.8 Å². The van der Waals surface area contributed by atoms with Gasteiger partial charge >= 0.3 is 0 Å². The third-order valence-corrected chi connectivity index (χ3v) is 4.44. The quantitative estimate of drug-likeness (QED) is 0.683. The molecule has 25 heavy (non-hydrogen) atoms. The molecule has 0 aromatic heterocycles. The smallest absolute Gasteiger partial charge is 0.272 e. The molecule has 0 bridgehead atoms. The van der Waals surface area contributed by atoms with Crippen molar-refractivity contribution in [3.8, 4) is 0 Å². The number of carbonyl (C=O) groups is 2. The Hall–Kier alpha value is -3.22. The van der Waals surface area contributed by atoms with E-state index in [1.807, 2.05) is 24.3 Å². The van der Waals surface area contributed by atoms with Crippen molar-refractivity contribution < 1.29 is 14.5 Å². The van der Waals surface area contributed by atoms with Gasteiger partial charge in [-0.25, -0.2) is 0 Å². The van der Waals surface area contributed by atoms with Gasteiger partial charge in [0.15, 0.2) is 0 Å². The molecule has 0 radical (unpaired) electrons. The number of amides is 2. The summed E-state index contributed by atoms with van der Waals surface area (Å²) in [7, 11) is 0.